The number of nitrogens with one attached hydrogen (secondary N) is 1. The van der Waals surface area contributed by atoms with E-state index in [9.17, 15) is 14.9 Å². The Balaban J connectivity index is 1.98. The summed E-state index contributed by atoms with van der Waals surface area (Å²) in [4.78, 5) is 31.7. The van der Waals surface area contributed by atoms with Gasteiger partial charge in [0.1, 0.15) is 5.69 Å². The molecular formula is C14H9N3O4. The van der Waals surface area contributed by atoms with Crippen molar-refractivity contribution in [2.24, 2.45) is 4.99 Å². The van der Waals surface area contributed by atoms with Crippen molar-refractivity contribution in [3.8, 4) is 5.75 Å². The monoisotopic (exact) mass is 283 g/mol. The van der Waals surface area contributed by atoms with E-state index in [2.05, 4.69) is 10.5 Å². The van der Waals surface area contributed by atoms with Gasteiger partial charge in [-0.15, -0.1) is 0 Å². The topological polar surface area (TPSA) is 93.8 Å². The lowest BCUT2D eigenvalue weighted by molar-refractivity contribution is -0.384. The molecule has 7 nitrogen and oxygen atoms in total. The molecule has 2 aromatic rings. The van der Waals surface area contributed by atoms with Crippen molar-refractivity contribution in [3.05, 3.63) is 64.2 Å². The molecule has 104 valence electrons. The summed E-state index contributed by atoms with van der Waals surface area (Å²) >= 11 is 0. The van der Waals surface area contributed by atoms with Crippen molar-refractivity contribution in [2.75, 3.05) is 0 Å². The van der Waals surface area contributed by atoms with Crippen LogP contribution >= 0.6 is 0 Å². The minimum absolute atomic E-state index is 0.0193. The third-order valence-electron chi connectivity index (χ3n) is 2.89. The van der Waals surface area contributed by atoms with Gasteiger partial charge in [0, 0.05) is 17.7 Å². The van der Waals surface area contributed by atoms with Crippen molar-refractivity contribution in [2.45, 2.75) is 0 Å². The fourth-order valence-electron chi connectivity index (χ4n) is 1.86. The zero-order chi connectivity index (χ0) is 14.8. The summed E-state index contributed by atoms with van der Waals surface area (Å²) in [5.41, 5.74) is 3.02. The Kier molecular flexibility index (Phi) is 3.07. The van der Waals surface area contributed by atoms with E-state index in [1.165, 1.54) is 18.2 Å². The summed E-state index contributed by atoms with van der Waals surface area (Å²) in [6, 6.07) is 12.5. The molecule has 0 saturated heterocycles. The molecule has 2 aromatic carbocycles. The van der Waals surface area contributed by atoms with E-state index < -0.39 is 4.92 Å². The number of amidine groups is 1. The summed E-state index contributed by atoms with van der Waals surface area (Å²) in [5, 5.41) is 10.8. The van der Waals surface area contributed by atoms with Crippen LogP contribution in [0, 0.1) is 10.1 Å². The number of ketones is 1. The molecule has 0 aliphatic carbocycles. The molecule has 21 heavy (non-hydrogen) atoms. The highest BCUT2D eigenvalue weighted by Crippen LogP contribution is 2.33. The molecule has 1 N–H and O–H groups in total. The second kappa shape index (κ2) is 5.04. The fourth-order valence-corrected chi connectivity index (χ4v) is 1.86. The number of rotatable bonds is 3. The largest absolute Gasteiger partial charge is 0.378 e. The van der Waals surface area contributed by atoms with Crippen LogP contribution in [0.4, 0.5) is 11.4 Å². The molecule has 3 rings (SSSR count). The Morgan fingerprint density at radius 1 is 1.19 bits per heavy atom. The van der Waals surface area contributed by atoms with Crippen LogP contribution in [0.2, 0.25) is 0 Å². The maximum absolute atomic E-state index is 12.2. The summed E-state index contributed by atoms with van der Waals surface area (Å²) < 4.78 is 0. The van der Waals surface area contributed by atoms with Gasteiger partial charge in [0.15, 0.2) is 5.75 Å². The van der Waals surface area contributed by atoms with Crippen molar-refractivity contribution < 1.29 is 14.6 Å². The van der Waals surface area contributed by atoms with Gasteiger partial charge in [-0.05, 0) is 6.07 Å². The normalized spacial score (nSPS) is 12.5. The minimum Gasteiger partial charge on any atom is -0.378 e. The number of carbonyl (C=O) groups excluding carboxylic acids is 1. The lowest BCUT2D eigenvalue weighted by Crippen LogP contribution is -2.35. The molecule has 7 heteroatoms. The molecule has 0 aromatic heterocycles. The molecule has 0 amide bonds. The van der Waals surface area contributed by atoms with E-state index in [1.54, 1.807) is 30.3 Å². The highest BCUT2D eigenvalue weighted by atomic mass is 16.7. The van der Waals surface area contributed by atoms with E-state index in [0.717, 1.165) is 0 Å². The Labute approximate surface area is 119 Å². The lowest BCUT2D eigenvalue weighted by atomic mass is 10.1. The maximum Gasteiger partial charge on any atom is 0.271 e. The van der Waals surface area contributed by atoms with Gasteiger partial charge in [-0.1, -0.05) is 30.3 Å². The summed E-state index contributed by atoms with van der Waals surface area (Å²) in [6.45, 7) is 0. The van der Waals surface area contributed by atoms with E-state index in [0.29, 0.717) is 11.3 Å². The van der Waals surface area contributed by atoms with Gasteiger partial charge in [-0.2, -0.15) is 5.48 Å². The first-order chi connectivity index (χ1) is 10.1. The molecule has 0 saturated carbocycles. The summed E-state index contributed by atoms with van der Waals surface area (Å²) in [7, 11) is 0. The second-order valence-electron chi connectivity index (χ2n) is 4.27. The summed E-state index contributed by atoms with van der Waals surface area (Å²) in [6.07, 6.45) is 0. The first kappa shape index (κ1) is 12.8. The van der Waals surface area contributed by atoms with Gasteiger partial charge in [0.2, 0.25) is 11.6 Å². The summed E-state index contributed by atoms with van der Waals surface area (Å²) in [5.74, 6) is -0.0489. The molecule has 1 heterocycles. The van der Waals surface area contributed by atoms with Crippen LogP contribution in [0.1, 0.15) is 10.4 Å². The Morgan fingerprint density at radius 2 is 1.95 bits per heavy atom. The van der Waals surface area contributed by atoms with Crippen molar-refractivity contribution in [1.29, 1.82) is 0 Å². The zero-order valence-corrected chi connectivity index (χ0v) is 10.6. The first-order valence-corrected chi connectivity index (χ1v) is 6.05. The predicted octanol–water partition coefficient (Wildman–Crippen LogP) is 2.40. The van der Waals surface area contributed by atoms with Crippen LogP contribution in [-0.4, -0.2) is 16.5 Å². The number of aliphatic imine (C=N–C) groups is 1. The highest BCUT2D eigenvalue weighted by molar-refractivity contribution is 6.45. The number of fused-ring (bicyclic) bond motifs is 1. The molecule has 0 spiro atoms. The number of nitro benzene ring substituents is 1. The SMILES string of the molecule is O=C(C1=Nc2cc([N+](=O)[O-])ccc2ON1)c1ccccc1. The average Bonchev–Trinajstić information content (AvgIpc) is 2.54. The predicted molar refractivity (Wildman–Crippen MR) is 74.7 cm³/mol. The first-order valence-electron chi connectivity index (χ1n) is 6.05. The molecule has 1 aliphatic rings. The number of hydroxylamine groups is 1. The lowest BCUT2D eigenvalue weighted by Gasteiger charge is -2.16. The Bertz CT molecular complexity index is 756. The van der Waals surface area contributed by atoms with E-state index in [1.807, 2.05) is 0 Å². The molecule has 0 atom stereocenters. The Hall–Kier alpha value is -3.22. The van der Waals surface area contributed by atoms with Crippen LogP contribution in [0.3, 0.4) is 0 Å². The standard InChI is InChI=1S/C14H9N3O4/c18-13(9-4-2-1-3-5-9)14-15-11-8-10(17(19)20)6-7-12(11)21-16-14/h1-8H,(H,15,16). The van der Waals surface area contributed by atoms with Crippen molar-refractivity contribution >= 4 is 23.0 Å². The molecule has 0 radical (unpaired) electrons. The number of Topliss-reactive ketones (excluding diaryl/α,β-unsaturated/α-hetero) is 1. The number of hydrogen-bond acceptors (Lipinski definition) is 6. The van der Waals surface area contributed by atoms with Crippen molar-refractivity contribution in [3.63, 3.8) is 0 Å². The number of nitro groups is 1. The maximum atomic E-state index is 12.2. The van der Waals surface area contributed by atoms with Gasteiger partial charge in [-0.3, -0.25) is 14.9 Å². The van der Waals surface area contributed by atoms with Crippen molar-refractivity contribution in [1.82, 2.24) is 5.48 Å². The van der Waals surface area contributed by atoms with Crippen LogP contribution in [0.25, 0.3) is 0 Å². The molecular weight excluding hydrogens is 274 g/mol. The number of hydrogen-bond donors (Lipinski definition) is 1. The van der Waals surface area contributed by atoms with Gasteiger partial charge in [0.05, 0.1) is 4.92 Å². The number of carbonyl (C=O) groups is 1. The average molecular weight is 283 g/mol. The zero-order valence-electron chi connectivity index (χ0n) is 10.6. The van der Waals surface area contributed by atoms with Crippen LogP contribution < -0.4 is 10.3 Å². The molecule has 0 bridgehead atoms. The van der Waals surface area contributed by atoms with Crippen LogP contribution in [-0.2, 0) is 0 Å². The quantitative estimate of drug-likeness (QED) is 0.530. The van der Waals surface area contributed by atoms with Crippen LogP contribution in [0.5, 0.6) is 5.75 Å². The minimum atomic E-state index is -0.531. The van der Waals surface area contributed by atoms with Gasteiger partial charge < -0.3 is 4.84 Å². The number of non-ortho nitro benzene ring substituents is 1. The van der Waals surface area contributed by atoms with Gasteiger partial charge in [-0.25, -0.2) is 4.99 Å². The highest BCUT2D eigenvalue weighted by Gasteiger charge is 2.22. The number of benzene rings is 2. The Morgan fingerprint density at radius 3 is 2.67 bits per heavy atom. The molecule has 1 aliphatic heterocycles. The third kappa shape index (κ3) is 2.44. The smallest absolute Gasteiger partial charge is 0.271 e. The fraction of sp³-hybridized carbons (Fsp3) is 0. The number of nitrogens with zero attached hydrogens (tertiary/aromatic N) is 2. The van der Waals surface area contributed by atoms with Crippen LogP contribution in [0.15, 0.2) is 53.5 Å². The second-order valence-corrected chi connectivity index (χ2v) is 4.27. The van der Waals surface area contributed by atoms with Gasteiger partial charge in [0.25, 0.3) is 5.69 Å². The third-order valence-corrected chi connectivity index (χ3v) is 2.89. The molecule has 0 fully saturated rings. The van der Waals surface area contributed by atoms with E-state index >= 15 is 0 Å². The molecule has 0 unspecified atom stereocenters. The van der Waals surface area contributed by atoms with E-state index in [4.69, 9.17) is 4.84 Å². The van der Waals surface area contributed by atoms with Gasteiger partial charge >= 0.3 is 0 Å². The van der Waals surface area contributed by atoms with E-state index in [-0.39, 0.29) is 23.0 Å².